The lowest BCUT2D eigenvalue weighted by molar-refractivity contribution is 0.320. The number of hydrogen-bond acceptors (Lipinski definition) is 3. The van der Waals surface area contributed by atoms with Gasteiger partial charge in [0, 0.05) is 19.3 Å². The number of sulfone groups is 1. The normalized spacial score (nSPS) is 21.9. The molecule has 0 aliphatic carbocycles. The van der Waals surface area contributed by atoms with Crippen LogP contribution in [0.15, 0.2) is 29.2 Å². The second-order valence-corrected chi connectivity index (χ2v) is 7.06. The van der Waals surface area contributed by atoms with Crippen LogP contribution in [0.2, 0.25) is 0 Å². The first kappa shape index (κ1) is 12.6. The van der Waals surface area contributed by atoms with Crippen LogP contribution in [0.3, 0.4) is 0 Å². The number of likely N-dealkylation sites (tertiary alicyclic amines) is 1. The maximum Gasteiger partial charge on any atom is 0.175 e. The van der Waals surface area contributed by atoms with E-state index in [0.29, 0.717) is 4.90 Å². The molecule has 1 atom stereocenters. The van der Waals surface area contributed by atoms with Crippen LogP contribution in [0.5, 0.6) is 0 Å². The summed E-state index contributed by atoms with van der Waals surface area (Å²) < 4.78 is 22.6. The fourth-order valence-corrected chi connectivity index (χ4v) is 2.90. The predicted molar refractivity (Wildman–Crippen MR) is 68.6 cm³/mol. The maximum atomic E-state index is 11.3. The number of benzene rings is 1. The minimum Gasteiger partial charge on any atom is -0.299 e. The van der Waals surface area contributed by atoms with Crippen molar-refractivity contribution in [2.75, 3.05) is 19.3 Å². The Hall–Kier alpha value is -0.870. The first-order chi connectivity index (χ1) is 7.95. The highest BCUT2D eigenvalue weighted by molar-refractivity contribution is 7.90. The van der Waals surface area contributed by atoms with E-state index in [2.05, 4.69) is 11.8 Å². The van der Waals surface area contributed by atoms with Crippen molar-refractivity contribution in [1.29, 1.82) is 0 Å². The zero-order chi connectivity index (χ0) is 12.5. The molecule has 0 amide bonds. The molecule has 1 aliphatic rings. The van der Waals surface area contributed by atoms with E-state index >= 15 is 0 Å². The van der Waals surface area contributed by atoms with E-state index in [1.165, 1.54) is 18.2 Å². The highest BCUT2D eigenvalue weighted by atomic mass is 32.2. The first-order valence-electron chi connectivity index (χ1n) is 5.96. The third-order valence-electron chi connectivity index (χ3n) is 3.27. The summed E-state index contributed by atoms with van der Waals surface area (Å²) in [6.07, 6.45) is 2.51. The van der Waals surface area contributed by atoms with Gasteiger partial charge in [-0.2, -0.15) is 0 Å². The zero-order valence-corrected chi connectivity index (χ0v) is 11.2. The molecular weight excluding hydrogens is 234 g/mol. The number of nitrogens with zero attached hydrogens (tertiary/aromatic N) is 1. The van der Waals surface area contributed by atoms with Crippen LogP contribution in [0, 0.1) is 5.92 Å². The summed E-state index contributed by atoms with van der Waals surface area (Å²) in [5.41, 5.74) is 1.19. The Bertz CT molecular complexity index is 479. The van der Waals surface area contributed by atoms with E-state index in [0.717, 1.165) is 25.6 Å². The van der Waals surface area contributed by atoms with Crippen molar-refractivity contribution in [2.45, 2.75) is 24.8 Å². The molecule has 0 saturated carbocycles. The van der Waals surface area contributed by atoms with Gasteiger partial charge in [0.1, 0.15) is 0 Å². The van der Waals surface area contributed by atoms with Crippen LogP contribution < -0.4 is 0 Å². The van der Waals surface area contributed by atoms with Crippen molar-refractivity contribution >= 4 is 9.84 Å². The lowest BCUT2D eigenvalue weighted by atomic mass is 10.2. The molecular formula is C13H19NO2S. The molecule has 0 spiro atoms. The molecule has 1 aromatic carbocycles. The molecule has 0 aromatic heterocycles. The lowest BCUT2D eigenvalue weighted by Gasteiger charge is -2.15. The highest BCUT2D eigenvalue weighted by Gasteiger charge is 2.18. The van der Waals surface area contributed by atoms with Crippen molar-refractivity contribution in [3.8, 4) is 0 Å². The SMILES string of the molecule is CC1CCN(Cc2ccc(S(C)(=O)=O)cc2)C1. The van der Waals surface area contributed by atoms with Crippen LogP contribution in [-0.2, 0) is 16.4 Å². The maximum absolute atomic E-state index is 11.3. The average Bonchev–Trinajstić information content (AvgIpc) is 2.63. The van der Waals surface area contributed by atoms with Crippen molar-refractivity contribution in [3.05, 3.63) is 29.8 Å². The zero-order valence-electron chi connectivity index (χ0n) is 10.4. The fourth-order valence-electron chi connectivity index (χ4n) is 2.27. The summed E-state index contributed by atoms with van der Waals surface area (Å²) in [7, 11) is -3.07. The third kappa shape index (κ3) is 3.30. The van der Waals surface area contributed by atoms with Crippen LogP contribution in [0.1, 0.15) is 18.9 Å². The monoisotopic (exact) mass is 253 g/mol. The van der Waals surface area contributed by atoms with E-state index in [1.54, 1.807) is 12.1 Å². The molecule has 3 nitrogen and oxygen atoms in total. The van der Waals surface area contributed by atoms with Gasteiger partial charge < -0.3 is 0 Å². The summed E-state index contributed by atoms with van der Waals surface area (Å²) in [4.78, 5) is 2.82. The molecule has 2 rings (SSSR count). The van der Waals surface area contributed by atoms with Gasteiger partial charge >= 0.3 is 0 Å². The van der Waals surface area contributed by atoms with E-state index < -0.39 is 9.84 Å². The molecule has 1 heterocycles. The Kier molecular flexibility index (Phi) is 3.54. The quantitative estimate of drug-likeness (QED) is 0.826. The van der Waals surface area contributed by atoms with Crippen molar-refractivity contribution in [2.24, 2.45) is 5.92 Å². The standard InChI is InChI=1S/C13H19NO2S/c1-11-7-8-14(9-11)10-12-3-5-13(6-4-12)17(2,15)16/h3-6,11H,7-10H2,1-2H3. The minimum absolute atomic E-state index is 0.399. The van der Waals surface area contributed by atoms with Gasteiger partial charge in [0.2, 0.25) is 0 Å². The van der Waals surface area contributed by atoms with Crippen molar-refractivity contribution in [1.82, 2.24) is 4.90 Å². The third-order valence-corrected chi connectivity index (χ3v) is 4.39. The van der Waals surface area contributed by atoms with Crippen LogP contribution in [0.25, 0.3) is 0 Å². The van der Waals surface area contributed by atoms with Crippen molar-refractivity contribution < 1.29 is 8.42 Å². The summed E-state index contributed by atoms with van der Waals surface area (Å²) in [6.45, 7) is 5.49. The van der Waals surface area contributed by atoms with Gasteiger partial charge in [0.15, 0.2) is 9.84 Å². The van der Waals surface area contributed by atoms with Crippen LogP contribution in [-0.4, -0.2) is 32.7 Å². The molecule has 4 heteroatoms. The van der Waals surface area contributed by atoms with Gasteiger partial charge in [-0.1, -0.05) is 19.1 Å². The lowest BCUT2D eigenvalue weighted by Crippen LogP contribution is -2.19. The summed E-state index contributed by atoms with van der Waals surface area (Å²) >= 11 is 0. The Balaban J connectivity index is 2.04. The Morgan fingerprint density at radius 1 is 1.29 bits per heavy atom. The molecule has 1 saturated heterocycles. The van der Waals surface area contributed by atoms with Gasteiger partial charge in [0.05, 0.1) is 4.90 Å². The number of rotatable bonds is 3. The molecule has 0 radical (unpaired) electrons. The summed E-state index contributed by atoms with van der Waals surface area (Å²) in [6, 6.07) is 7.23. The largest absolute Gasteiger partial charge is 0.299 e. The molecule has 17 heavy (non-hydrogen) atoms. The van der Waals surface area contributed by atoms with Gasteiger partial charge in [0.25, 0.3) is 0 Å². The summed E-state index contributed by atoms with van der Waals surface area (Å²) in [5, 5.41) is 0. The molecule has 1 aromatic rings. The highest BCUT2D eigenvalue weighted by Crippen LogP contribution is 2.18. The molecule has 1 unspecified atom stereocenters. The second-order valence-electron chi connectivity index (χ2n) is 5.05. The summed E-state index contributed by atoms with van der Waals surface area (Å²) in [5.74, 6) is 0.783. The fraction of sp³-hybridized carbons (Fsp3) is 0.538. The van der Waals surface area contributed by atoms with Gasteiger partial charge in [-0.25, -0.2) is 8.42 Å². The smallest absolute Gasteiger partial charge is 0.175 e. The Labute approximate surface area is 103 Å². The molecule has 94 valence electrons. The van der Waals surface area contributed by atoms with E-state index in [1.807, 2.05) is 12.1 Å². The Morgan fingerprint density at radius 3 is 2.41 bits per heavy atom. The molecule has 1 fully saturated rings. The van der Waals surface area contributed by atoms with Crippen molar-refractivity contribution in [3.63, 3.8) is 0 Å². The van der Waals surface area contributed by atoms with Gasteiger partial charge in [-0.15, -0.1) is 0 Å². The molecule has 1 aliphatic heterocycles. The number of hydrogen-bond donors (Lipinski definition) is 0. The van der Waals surface area contributed by atoms with E-state index in [-0.39, 0.29) is 0 Å². The first-order valence-corrected chi connectivity index (χ1v) is 7.85. The topological polar surface area (TPSA) is 37.4 Å². The predicted octanol–water partition coefficient (Wildman–Crippen LogP) is 1.93. The second kappa shape index (κ2) is 4.78. The van der Waals surface area contributed by atoms with E-state index in [4.69, 9.17) is 0 Å². The van der Waals surface area contributed by atoms with Gasteiger partial charge in [-0.3, -0.25) is 4.90 Å². The van der Waals surface area contributed by atoms with Crippen LogP contribution in [0.4, 0.5) is 0 Å². The molecule has 0 bridgehead atoms. The van der Waals surface area contributed by atoms with E-state index in [9.17, 15) is 8.42 Å². The minimum atomic E-state index is -3.07. The average molecular weight is 253 g/mol. The molecule has 0 N–H and O–H groups in total. The van der Waals surface area contributed by atoms with Crippen LogP contribution >= 0.6 is 0 Å². The Morgan fingerprint density at radius 2 is 1.94 bits per heavy atom. The van der Waals surface area contributed by atoms with Gasteiger partial charge in [-0.05, 0) is 36.6 Å².